The number of ether oxygens (including phenoxy) is 1. The summed E-state index contributed by atoms with van der Waals surface area (Å²) in [5.74, 6) is 1.91. The molecule has 0 aliphatic carbocycles. The van der Waals surface area contributed by atoms with Crippen molar-refractivity contribution in [2.45, 2.75) is 6.42 Å². The van der Waals surface area contributed by atoms with Crippen LogP contribution in [0, 0.1) is 0 Å². The van der Waals surface area contributed by atoms with E-state index in [-0.39, 0.29) is 0 Å². The van der Waals surface area contributed by atoms with Gasteiger partial charge in [0.1, 0.15) is 11.5 Å². The van der Waals surface area contributed by atoms with E-state index in [0.717, 1.165) is 22.4 Å². The Bertz CT molecular complexity index is 639. The third kappa shape index (κ3) is 2.79. The lowest BCUT2D eigenvalue weighted by Crippen LogP contribution is -2.07. The molecule has 2 aromatic rings. The van der Waals surface area contributed by atoms with Crippen molar-refractivity contribution in [1.82, 2.24) is 0 Å². The second kappa shape index (κ2) is 5.45. The van der Waals surface area contributed by atoms with Crippen LogP contribution in [0.4, 0.5) is 0 Å². The molecule has 3 rings (SSSR count). The second-order valence-electron chi connectivity index (χ2n) is 4.39. The monoisotopic (exact) mass is 312 g/mol. The van der Waals surface area contributed by atoms with Crippen molar-refractivity contribution < 1.29 is 4.74 Å². The van der Waals surface area contributed by atoms with E-state index in [0.29, 0.717) is 0 Å². The number of fused-ring (bicyclic) bond motifs is 1. The predicted octanol–water partition coefficient (Wildman–Crippen LogP) is 4.98. The van der Waals surface area contributed by atoms with Gasteiger partial charge in [-0.05, 0) is 42.3 Å². The Labute approximate surface area is 121 Å². The van der Waals surface area contributed by atoms with Gasteiger partial charge >= 0.3 is 0 Å². The van der Waals surface area contributed by atoms with Gasteiger partial charge in [0.25, 0.3) is 0 Å². The highest BCUT2D eigenvalue weighted by Gasteiger charge is 2.19. The molecule has 0 saturated carbocycles. The molecule has 0 aromatic heterocycles. The molecule has 1 aliphatic rings. The average molecular weight is 313 g/mol. The lowest BCUT2D eigenvalue weighted by Gasteiger charge is -2.22. The fourth-order valence-corrected chi connectivity index (χ4v) is 2.25. The van der Waals surface area contributed by atoms with Crippen molar-refractivity contribution in [3.05, 3.63) is 82.4 Å². The van der Waals surface area contributed by atoms with Crippen molar-refractivity contribution in [1.29, 1.82) is 0 Å². The first-order chi connectivity index (χ1) is 9.33. The zero-order valence-corrected chi connectivity index (χ0v) is 11.9. The highest BCUT2D eigenvalue weighted by Crippen LogP contribution is 2.37. The van der Waals surface area contributed by atoms with Crippen molar-refractivity contribution in [2.24, 2.45) is 0 Å². The molecule has 94 valence electrons. The van der Waals surface area contributed by atoms with Crippen LogP contribution in [0.3, 0.4) is 0 Å². The van der Waals surface area contributed by atoms with Gasteiger partial charge in [0.2, 0.25) is 0 Å². The molecule has 0 saturated heterocycles. The normalized spacial score (nSPS) is 15.1. The zero-order valence-electron chi connectivity index (χ0n) is 10.3. The van der Waals surface area contributed by atoms with Gasteiger partial charge in [0.05, 0.1) is 5.56 Å². The second-order valence-corrected chi connectivity index (χ2v) is 5.30. The van der Waals surface area contributed by atoms with E-state index in [1.165, 1.54) is 11.1 Å². The number of rotatable bonds is 3. The Morgan fingerprint density at radius 3 is 2.58 bits per heavy atom. The van der Waals surface area contributed by atoms with E-state index in [2.05, 4.69) is 52.3 Å². The summed E-state index contributed by atoms with van der Waals surface area (Å²) in [4.78, 5) is 0. The van der Waals surface area contributed by atoms with Crippen LogP contribution in [0.1, 0.15) is 11.1 Å². The van der Waals surface area contributed by atoms with Crippen molar-refractivity contribution in [2.75, 3.05) is 0 Å². The summed E-state index contributed by atoms with van der Waals surface area (Å²) < 4.78 is 6.67. The topological polar surface area (TPSA) is 9.23 Å². The number of hydrogen-bond acceptors (Lipinski definition) is 1. The molecule has 2 heteroatoms. The molecular weight excluding hydrogens is 300 g/mol. The zero-order chi connectivity index (χ0) is 13.1. The van der Waals surface area contributed by atoms with Gasteiger partial charge in [0, 0.05) is 4.47 Å². The maximum Gasteiger partial charge on any atom is 0.138 e. The first kappa shape index (κ1) is 12.2. The number of para-hydroxylation sites is 1. The quantitative estimate of drug-likeness (QED) is 0.776. The fraction of sp³-hybridized carbons (Fsp3) is 0.0588. The molecule has 0 unspecified atom stereocenters. The summed E-state index contributed by atoms with van der Waals surface area (Å²) in [5.41, 5.74) is 2.49. The standard InChI is InChI=1S/C17H13BrO/c18-14-11-9-13(10-12-14)5-1-3-7-16-15-6-2-4-8-17(15)19-16/h1-4,6-12H,5H2/b3-1-,16-7-. The number of benzene rings is 2. The summed E-state index contributed by atoms with van der Waals surface area (Å²) in [5, 5.41) is 0. The summed E-state index contributed by atoms with van der Waals surface area (Å²) in [7, 11) is 0. The van der Waals surface area contributed by atoms with Gasteiger partial charge in [-0.2, -0.15) is 0 Å². The minimum Gasteiger partial charge on any atom is -0.456 e. The van der Waals surface area contributed by atoms with Crippen LogP contribution in [0.15, 0.2) is 71.2 Å². The molecule has 1 nitrogen and oxygen atoms in total. The molecular formula is C17H13BrO. The molecule has 0 atom stereocenters. The van der Waals surface area contributed by atoms with Crippen LogP contribution in [-0.4, -0.2) is 0 Å². The van der Waals surface area contributed by atoms with Gasteiger partial charge in [-0.25, -0.2) is 0 Å². The first-order valence-corrected chi connectivity index (χ1v) is 7.01. The molecule has 0 amide bonds. The smallest absolute Gasteiger partial charge is 0.138 e. The Balaban J connectivity index is 1.62. The van der Waals surface area contributed by atoms with E-state index in [1.54, 1.807) is 0 Å². The minimum atomic E-state index is 0.929. The summed E-state index contributed by atoms with van der Waals surface area (Å²) in [6, 6.07) is 16.4. The molecule has 2 aromatic carbocycles. The average Bonchev–Trinajstić information content (AvgIpc) is 2.41. The number of allylic oxidation sites excluding steroid dienone is 3. The Kier molecular flexibility index (Phi) is 3.51. The van der Waals surface area contributed by atoms with Gasteiger partial charge < -0.3 is 4.74 Å². The number of halogens is 1. The molecule has 0 radical (unpaired) electrons. The Hall–Kier alpha value is -1.80. The highest BCUT2D eigenvalue weighted by atomic mass is 79.9. The third-order valence-electron chi connectivity index (χ3n) is 3.02. The summed E-state index contributed by atoms with van der Waals surface area (Å²) >= 11 is 3.43. The maximum atomic E-state index is 5.56. The molecule has 0 fully saturated rings. The number of hydrogen-bond donors (Lipinski definition) is 0. The molecule has 0 N–H and O–H groups in total. The molecule has 0 bridgehead atoms. The van der Waals surface area contributed by atoms with Crippen LogP contribution >= 0.6 is 15.9 Å². The Morgan fingerprint density at radius 2 is 1.79 bits per heavy atom. The third-order valence-corrected chi connectivity index (χ3v) is 3.55. The van der Waals surface area contributed by atoms with Crippen molar-refractivity contribution >= 4 is 21.7 Å². The molecule has 0 spiro atoms. The van der Waals surface area contributed by atoms with Crippen LogP contribution < -0.4 is 4.74 Å². The summed E-state index contributed by atoms with van der Waals surface area (Å²) in [6.07, 6.45) is 7.13. The van der Waals surface area contributed by atoms with Crippen LogP contribution in [0.5, 0.6) is 5.75 Å². The lowest BCUT2D eigenvalue weighted by atomic mass is 10.1. The van der Waals surface area contributed by atoms with Gasteiger partial charge in [-0.3, -0.25) is 0 Å². The van der Waals surface area contributed by atoms with Crippen LogP contribution in [-0.2, 0) is 6.42 Å². The summed E-state index contributed by atoms with van der Waals surface area (Å²) in [6.45, 7) is 0. The fourth-order valence-electron chi connectivity index (χ4n) is 1.99. The van der Waals surface area contributed by atoms with E-state index in [1.807, 2.05) is 30.4 Å². The van der Waals surface area contributed by atoms with Gasteiger partial charge in [-0.15, -0.1) is 0 Å². The first-order valence-electron chi connectivity index (χ1n) is 6.21. The van der Waals surface area contributed by atoms with Gasteiger partial charge in [0.15, 0.2) is 0 Å². The minimum absolute atomic E-state index is 0.929. The predicted molar refractivity (Wildman–Crippen MR) is 82.0 cm³/mol. The van der Waals surface area contributed by atoms with Gasteiger partial charge in [-0.1, -0.05) is 52.3 Å². The van der Waals surface area contributed by atoms with Crippen molar-refractivity contribution in [3.63, 3.8) is 0 Å². The van der Waals surface area contributed by atoms with E-state index < -0.39 is 0 Å². The van der Waals surface area contributed by atoms with Crippen molar-refractivity contribution in [3.8, 4) is 5.75 Å². The van der Waals surface area contributed by atoms with E-state index in [4.69, 9.17) is 4.74 Å². The SMILES string of the molecule is Brc1ccc(C/C=C\C=C2/Oc3ccccc32)cc1. The van der Waals surface area contributed by atoms with Crippen LogP contribution in [0.25, 0.3) is 5.76 Å². The lowest BCUT2D eigenvalue weighted by molar-refractivity contribution is 0.465. The van der Waals surface area contributed by atoms with E-state index in [9.17, 15) is 0 Å². The molecule has 1 aliphatic heterocycles. The highest BCUT2D eigenvalue weighted by molar-refractivity contribution is 9.10. The largest absolute Gasteiger partial charge is 0.456 e. The molecule has 19 heavy (non-hydrogen) atoms. The van der Waals surface area contributed by atoms with Crippen LogP contribution in [0.2, 0.25) is 0 Å². The molecule has 1 heterocycles. The van der Waals surface area contributed by atoms with E-state index >= 15 is 0 Å². The Morgan fingerprint density at radius 1 is 1.00 bits per heavy atom. The maximum absolute atomic E-state index is 5.56.